The van der Waals surface area contributed by atoms with Crippen LogP contribution >= 0.6 is 0 Å². The Bertz CT molecular complexity index is 429. The number of amides is 1. The lowest BCUT2D eigenvalue weighted by Gasteiger charge is -2.27. The maximum Gasteiger partial charge on any atom is 0.272 e. The molecule has 1 rings (SSSR count). The summed E-state index contributed by atoms with van der Waals surface area (Å²) in [5.74, 6) is 4.44. The summed E-state index contributed by atoms with van der Waals surface area (Å²) in [6, 6.07) is 7.96. The van der Waals surface area contributed by atoms with Crippen LogP contribution in [0.5, 0.6) is 0 Å². The van der Waals surface area contributed by atoms with Gasteiger partial charge in [0, 0.05) is 0 Å². The van der Waals surface area contributed by atoms with Crippen LogP contribution in [0.1, 0.15) is 0 Å². The lowest BCUT2D eigenvalue weighted by Crippen LogP contribution is -2.54. The number of hydrogen-bond donors (Lipinski definition) is 6. The van der Waals surface area contributed by atoms with Crippen LogP contribution in [-0.4, -0.2) is 62.5 Å². The smallest absolute Gasteiger partial charge is 0.272 e. The van der Waals surface area contributed by atoms with E-state index in [9.17, 15) is 20.1 Å². The molecule has 1 aromatic rings. The number of carbonyl (C=O) groups excluding carboxylic acids is 1. The number of para-hydroxylation sites is 1. The summed E-state index contributed by atoms with van der Waals surface area (Å²) in [5, 5.41) is 47.1. The Morgan fingerprint density at radius 2 is 1.65 bits per heavy atom. The molecule has 1 aromatic carbocycles. The maximum absolute atomic E-state index is 11.8. The van der Waals surface area contributed by atoms with Crippen molar-refractivity contribution in [3.05, 3.63) is 30.3 Å². The van der Waals surface area contributed by atoms with Gasteiger partial charge in [-0.25, -0.2) is 10.9 Å². The predicted octanol–water partition coefficient (Wildman–Crippen LogP) is -2.67. The van der Waals surface area contributed by atoms with Crippen LogP contribution in [0.4, 0.5) is 5.69 Å². The van der Waals surface area contributed by atoms with Gasteiger partial charge in [0.15, 0.2) is 6.10 Å². The summed E-state index contributed by atoms with van der Waals surface area (Å²) in [5.41, 5.74) is 0.279. The Balaban J connectivity index is 2.76. The second-order valence-corrected chi connectivity index (χ2v) is 4.22. The topological polar surface area (TPSA) is 147 Å². The van der Waals surface area contributed by atoms with Crippen LogP contribution < -0.4 is 10.9 Å². The van der Waals surface area contributed by atoms with Gasteiger partial charge in [-0.15, -0.1) is 0 Å². The first-order valence-electron chi connectivity index (χ1n) is 5.87. The molecule has 0 saturated carbocycles. The van der Waals surface area contributed by atoms with Gasteiger partial charge in [0.1, 0.15) is 18.3 Å². The number of rotatable bonds is 6. The van der Waals surface area contributed by atoms with E-state index < -0.39 is 36.9 Å². The van der Waals surface area contributed by atoms with Crippen molar-refractivity contribution in [2.75, 3.05) is 11.6 Å². The van der Waals surface area contributed by atoms with Crippen molar-refractivity contribution in [3.63, 3.8) is 0 Å². The highest BCUT2D eigenvalue weighted by molar-refractivity contribution is 5.95. The SMILES string of the molecule is NN(C(=O)[C@H](O)[C@@H](O)[C@@H](O)[C@H](O)CO)c1ccccc1. The standard InChI is InChI=1S/C12H18N2O6/c13-14(7-4-2-1-3-5-7)12(20)11(19)10(18)9(17)8(16)6-15/h1-5,8-11,15-19H,6,13H2/t8-,9+,10+,11-/m1/s1. The molecule has 0 bridgehead atoms. The average Bonchev–Trinajstić information content (AvgIpc) is 2.51. The molecule has 20 heavy (non-hydrogen) atoms. The summed E-state index contributed by atoms with van der Waals surface area (Å²) < 4.78 is 0. The van der Waals surface area contributed by atoms with Gasteiger partial charge in [-0.2, -0.15) is 0 Å². The van der Waals surface area contributed by atoms with Gasteiger partial charge in [-0.1, -0.05) is 18.2 Å². The van der Waals surface area contributed by atoms with Gasteiger partial charge in [-0.05, 0) is 12.1 Å². The predicted molar refractivity (Wildman–Crippen MR) is 69.2 cm³/mol. The Morgan fingerprint density at radius 1 is 1.10 bits per heavy atom. The third-order valence-corrected chi connectivity index (χ3v) is 2.78. The van der Waals surface area contributed by atoms with Crippen molar-refractivity contribution in [2.24, 2.45) is 5.84 Å². The molecule has 7 N–H and O–H groups in total. The fraction of sp³-hybridized carbons (Fsp3) is 0.417. The van der Waals surface area contributed by atoms with E-state index in [1.165, 1.54) is 12.1 Å². The summed E-state index contributed by atoms with van der Waals surface area (Å²) >= 11 is 0. The Hall–Kier alpha value is -1.55. The van der Waals surface area contributed by atoms with E-state index in [1.807, 2.05) is 0 Å². The number of hydrogen-bond acceptors (Lipinski definition) is 7. The number of benzene rings is 1. The average molecular weight is 286 g/mol. The van der Waals surface area contributed by atoms with Gasteiger partial charge >= 0.3 is 0 Å². The van der Waals surface area contributed by atoms with Gasteiger partial charge < -0.3 is 25.5 Å². The Morgan fingerprint density at radius 3 is 2.15 bits per heavy atom. The number of carbonyl (C=O) groups is 1. The zero-order valence-electron chi connectivity index (χ0n) is 10.6. The number of aliphatic hydroxyl groups is 5. The molecule has 0 saturated heterocycles. The minimum Gasteiger partial charge on any atom is -0.394 e. The van der Waals surface area contributed by atoms with Crippen molar-refractivity contribution in [3.8, 4) is 0 Å². The van der Waals surface area contributed by atoms with Gasteiger partial charge in [0.05, 0.1) is 12.3 Å². The van der Waals surface area contributed by atoms with Gasteiger partial charge in [0.25, 0.3) is 5.91 Å². The second-order valence-electron chi connectivity index (χ2n) is 4.22. The zero-order valence-corrected chi connectivity index (χ0v) is 10.6. The molecule has 112 valence electrons. The first kappa shape index (κ1) is 16.5. The highest BCUT2D eigenvalue weighted by Crippen LogP contribution is 2.13. The third-order valence-electron chi connectivity index (χ3n) is 2.78. The molecule has 0 radical (unpaired) electrons. The minimum absolute atomic E-state index is 0.279. The summed E-state index contributed by atoms with van der Waals surface area (Å²) in [6.45, 7) is -0.829. The van der Waals surface area contributed by atoms with Crippen LogP contribution in [0.3, 0.4) is 0 Å². The van der Waals surface area contributed by atoms with E-state index in [1.54, 1.807) is 18.2 Å². The number of nitrogens with two attached hydrogens (primary N) is 1. The fourth-order valence-corrected chi connectivity index (χ4v) is 1.53. The first-order valence-corrected chi connectivity index (χ1v) is 5.87. The second kappa shape index (κ2) is 7.29. The summed E-state index contributed by atoms with van der Waals surface area (Å²) in [6.07, 6.45) is -7.60. The molecule has 4 atom stereocenters. The van der Waals surface area contributed by atoms with Crippen molar-refractivity contribution >= 4 is 11.6 Å². The van der Waals surface area contributed by atoms with Crippen LogP contribution in [0.15, 0.2) is 30.3 Å². The number of anilines is 1. The number of aliphatic hydroxyl groups excluding tert-OH is 5. The van der Waals surface area contributed by atoms with Crippen LogP contribution in [0.25, 0.3) is 0 Å². The zero-order chi connectivity index (χ0) is 15.3. The van der Waals surface area contributed by atoms with Crippen LogP contribution in [0.2, 0.25) is 0 Å². The van der Waals surface area contributed by atoms with Crippen molar-refractivity contribution in [1.29, 1.82) is 0 Å². The minimum atomic E-state index is -2.04. The van der Waals surface area contributed by atoms with Crippen molar-refractivity contribution in [1.82, 2.24) is 0 Å². The highest BCUT2D eigenvalue weighted by Gasteiger charge is 2.36. The molecular weight excluding hydrogens is 268 g/mol. The lowest BCUT2D eigenvalue weighted by molar-refractivity contribution is -0.146. The van der Waals surface area contributed by atoms with E-state index in [2.05, 4.69) is 0 Å². The molecule has 0 aliphatic rings. The normalized spacial score (nSPS) is 17.1. The maximum atomic E-state index is 11.8. The van der Waals surface area contributed by atoms with E-state index in [0.717, 1.165) is 0 Å². The van der Waals surface area contributed by atoms with Crippen LogP contribution in [-0.2, 0) is 4.79 Å². The van der Waals surface area contributed by atoms with Gasteiger partial charge in [-0.3, -0.25) is 4.79 Å². The molecular formula is C12H18N2O6. The van der Waals surface area contributed by atoms with E-state index in [0.29, 0.717) is 5.01 Å². The molecule has 0 aromatic heterocycles. The molecule has 8 heteroatoms. The van der Waals surface area contributed by atoms with Crippen LogP contribution in [0, 0.1) is 0 Å². The van der Waals surface area contributed by atoms with E-state index in [4.69, 9.17) is 16.1 Å². The molecule has 0 heterocycles. The number of nitrogens with zero attached hydrogens (tertiary/aromatic N) is 1. The third kappa shape index (κ3) is 3.73. The van der Waals surface area contributed by atoms with Gasteiger partial charge in [0.2, 0.25) is 0 Å². The number of hydrazine groups is 1. The lowest BCUT2D eigenvalue weighted by atomic mass is 10.0. The Kier molecular flexibility index (Phi) is 6.02. The molecule has 1 amide bonds. The molecule has 0 unspecified atom stereocenters. The Labute approximate surface area is 115 Å². The molecule has 0 fully saturated rings. The monoisotopic (exact) mass is 286 g/mol. The summed E-state index contributed by atoms with van der Waals surface area (Å²) in [4.78, 5) is 11.8. The summed E-state index contributed by atoms with van der Waals surface area (Å²) in [7, 11) is 0. The quantitative estimate of drug-likeness (QED) is 0.190. The van der Waals surface area contributed by atoms with Crippen molar-refractivity contribution < 1.29 is 30.3 Å². The first-order chi connectivity index (χ1) is 9.40. The molecule has 0 aliphatic carbocycles. The molecule has 0 aliphatic heterocycles. The fourth-order valence-electron chi connectivity index (χ4n) is 1.53. The van der Waals surface area contributed by atoms with Crippen molar-refractivity contribution in [2.45, 2.75) is 24.4 Å². The van der Waals surface area contributed by atoms with E-state index in [-0.39, 0.29) is 5.69 Å². The highest BCUT2D eigenvalue weighted by atomic mass is 16.4. The molecule has 0 spiro atoms. The largest absolute Gasteiger partial charge is 0.394 e. The van der Waals surface area contributed by atoms with E-state index >= 15 is 0 Å². The molecule has 8 nitrogen and oxygen atoms in total.